The number of aromatic nitrogens is 2. The molecule has 3 nitrogen and oxygen atoms in total. The van der Waals surface area contributed by atoms with Gasteiger partial charge in [-0.05, 0) is 28.1 Å². The number of halogens is 4. The van der Waals surface area contributed by atoms with Gasteiger partial charge in [0.15, 0.2) is 11.6 Å². The van der Waals surface area contributed by atoms with Crippen LogP contribution in [0.15, 0.2) is 28.7 Å². The monoisotopic (exact) mass is 341 g/mol. The van der Waals surface area contributed by atoms with Crippen molar-refractivity contribution in [3.63, 3.8) is 0 Å². The van der Waals surface area contributed by atoms with E-state index in [1.54, 1.807) is 0 Å². The third-order valence-electron chi connectivity index (χ3n) is 2.87. The molecule has 0 aliphatic heterocycles. The van der Waals surface area contributed by atoms with Crippen molar-refractivity contribution in [1.29, 1.82) is 0 Å². The number of anilines is 1. The molecule has 0 aliphatic carbocycles. The van der Waals surface area contributed by atoms with Gasteiger partial charge in [0, 0.05) is 23.4 Å². The standard InChI is InChI=1S/C13H7BrF3N3/c14-6-2-11-12(4-7(6)15)20-13(19-11)5-1-8(16)9(17)3-10(5)18/h1-4H,18H2,(H,19,20). The molecule has 3 rings (SSSR count). The average molecular weight is 342 g/mol. The lowest BCUT2D eigenvalue weighted by molar-refractivity contribution is 0.509. The molecule has 102 valence electrons. The quantitative estimate of drug-likeness (QED) is 0.657. The van der Waals surface area contributed by atoms with Crippen LogP contribution >= 0.6 is 15.9 Å². The van der Waals surface area contributed by atoms with Crippen molar-refractivity contribution in [2.75, 3.05) is 5.73 Å². The van der Waals surface area contributed by atoms with Gasteiger partial charge < -0.3 is 10.7 Å². The van der Waals surface area contributed by atoms with E-state index in [4.69, 9.17) is 5.73 Å². The lowest BCUT2D eigenvalue weighted by atomic mass is 10.1. The van der Waals surface area contributed by atoms with E-state index in [1.807, 2.05) is 0 Å². The molecule has 0 atom stereocenters. The molecule has 3 aromatic rings. The highest BCUT2D eigenvalue weighted by molar-refractivity contribution is 9.10. The first-order valence-electron chi connectivity index (χ1n) is 5.55. The van der Waals surface area contributed by atoms with E-state index in [1.165, 1.54) is 12.1 Å². The van der Waals surface area contributed by atoms with Crippen LogP contribution in [0, 0.1) is 17.5 Å². The molecule has 0 spiro atoms. The molecule has 20 heavy (non-hydrogen) atoms. The Morgan fingerprint density at radius 2 is 1.70 bits per heavy atom. The van der Waals surface area contributed by atoms with Gasteiger partial charge in [-0.15, -0.1) is 0 Å². The summed E-state index contributed by atoms with van der Waals surface area (Å²) >= 11 is 3.05. The summed E-state index contributed by atoms with van der Waals surface area (Å²) in [7, 11) is 0. The molecule has 1 aromatic heterocycles. The van der Waals surface area contributed by atoms with Gasteiger partial charge in [-0.2, -0.15) is 0 Å². The van der Waals surface area contributed by atoms with Gasteiger partial charge >= 0.3 is 0 Å². The van der Waals surface area contributed by atoms with Crippen LogP contribution in [0.3, 0.4) is 0 Å². The van der Waals surface area contributed by atoms with Crippen molar-refractivity contribution >= 4 is 32.7 Å². The molecule has 0 unspecified atom stereocenters. The third kappa shape index (κ3) is 2.03. The number of imidazole rings is 1. The number of nitrogen functional groups attached to an aromatic ring is 1. The lowest BCUT2D eigenvalue weighted by Crippen LogP contribution is -1.95. The Morgan fingerprint density at radius 1 is 1.00 bits per heavy atom. The highest BCUT2D eigenvalue weighted by Crippen LogP contribution is 2.29. The topological polar surface area (TPSA) is 54.7 Å². The Hall–Kier alpha value is -2.02. The number of fused-ring (bicyclic) bond motifs is 1. The Labute approximate surface area is 119 Å². The van der Waals surface area contributed by atoms with Gasteiger partial charge in [-0.25, -0.2) is 18.2 Å². The fourth-order valence-corrected chi connectivity index (χ4v) is 2.23. The zero-order chi connectivity index (χ0) is 14.4. The maximum atomic E-state index is 13.4. The Kier molecular flexibility index (Phi) is 2.93. The van der Waals surface area contributed by atoms with Gasteiger partial charge in [-0.3, -0.25) is 0 Å². The zero-order valence-electron chi connectivity index (χ0n) is 9.85. The number of aromatic amines is 1. The van der Waals surface area contributed by atoms with Crippen LogP contribution in [0.5, 0.6) is 0 Å². The molecule has 0 radical (unpaired) electrons. The number of hydrogen-bond acceptors (Lipinski definition) is 2. The molecule has 0 fully saturated rings. The summed E-state index contributed by atoms with van der Waals surface area (Å²) in [5.41, 5.74) is 6.84. The smallest absolute Gasteiger partial charge is 0.160 e. The second-order valence-corrected chi connectivity index (χ2v) is 5.08. The molecule has 1 heterocycles. The van der Waals surface area contributed by atoms with Gasteiger partial charge in [-0.1, -0.05) is 0 Å². The second kappa shape index (κ2) is 4.52. The van der Waals surface area contributed by atoms with Gasteiger partial charge in [0.2, 0.25) is 0 Å². The number of nitrogens with one attached hydrogen (secondary N) is 1. The van der Waals surface area contributed by atoms with Crippen LogP contribution in [0.2, 0.25) is 0 Å². The lowest BCUT2D eigenvalue weighted by Gasteiger charge is -2.03. The van der Waals surface area contributed by atoms with Crippen molar-refractivity contribution < 1.29 is 13.2 Å². The van der Waals surface area contributed by atoms with Crippen LogP contribution in [0.1, 0.15) is 0 Å². The molecule has 2 aromatic carbocycles. The Balaban J connectivity index is 2.22. The van der Waals surface area contributed by atoms with E-state index >= 15 is 0 Å². The van der Waals surface area contributed by atoms with Crippen LogP contribution in [0.4, 0.5) is 18.9 Å². The van der Waals surface area contributed by atoms with Gasteiger partial charge in [0.1, 0.15) is 11.6 Å². The number of rotatable bonds is 1. The number of H-pyrrole nitrogens is 1. The fourth-order valence-electron chi connectivity index (χ4n) is 1.90. The first kappa shape index (κ1) is 13.0. The molecule has 0 bridgehead atoms. The van der Waals surface area contributed by atoms with Crippen LogP contribution in [-0.4, -0.2) is 9.97 Å². The van der Waals surface area contributed by atoms with Crippen molar-refractivity contribution in [3.8, 4) is 11.4 Å². The summed E-state index contributed by atoms with van der Waals surface area (Å²) < 4.78 is 40.0. The minimum atomic E-state index is -1.03. The molecular formula is C13H7BrF3N3. The summed E-state index contributed by atoms with van der Waals surface area (Å²) in [6.45, 7) is 0. The first-order valence-corrected chi connectivity index (χ1v) is 6.34. The molecule has 3 N–H and O–H groups in total. The molecule has 7 heteroatoms. The normalized spacial score (nSPS) is 11.2. The van der Waals surface area contributed by atoms with Crippen LogP contribution < -0.4 is 5.73 Å². The maximum Gasteiger partial charge on any atom is 0.160 e. The van der Waals surface area contributed by atoms with Crippen LogP contribution in [0.25, 0.3) is 22.4 Å². The average Bonchev–Trinajstić information content (AvgIpc) is 2.77. The van der Waals surface area contributed by atoms with Gasteiger partial charge in [0.25, 0.3) is 0 Å². The highest BCUT2D eigenvalue weighted by atomic mass is 79.9. The largest absolute Gasteiger partial charge is 0.398 e. The van der Waals surface area contributed by atoms with Gasteiger partial charge in [0.05, 0.1) is 15.5 Å². The molecule has 0 amide bonds. The molecule has 0 saturated carbocycles. The molecular weight excluding hydrogens is 335 g/mol. The van der Waals surface area contributed by atoms with E-state index in [0.29, 0.717) is 11.0 Å². The summed E-state index contributed by atoms with van der Waals surface area (Å²) in [5.74, 6) is -2.27. The minimum Gasteiger partial charge on any atom is -0.398 e. The van der Waals surface area contributed by atoms with E-state index in [0.717, 1.165) is 12.1 Å². The number of nitrogens with two attached hydrogens (primary N) is 1. The van der Waals surface area contributed by atoms with E-state index < -0.39 is 17.5 Å². The molecule has 0 saturated heterocycles. The third-order valence-corrected chi connectivity index (χ3v) is 3.48. The molecule has 0 aliphatic rings. The first-order chi connectivity index (χ1) is 9.45. The summed E-state index contributed by atoms with van der Waals surface area (Å²) in [4.78, 5) is 7.02. The van der Waals surface area contributed by atoms with Crippen molar-refractivity contribution in [3.05, 3.63) is 46.2 Å². The maximum absolute atomic E-state index is 13.4. The predicted octanol–water partition coefficient (Wildman–Crippen LogP) is 3.99. The highest BCUT2D eigenvalue weighted by Gasteiger charge is 2.14. The Morgan fingerprint density at radius 3 is 2.45 bits per heavy atom. The van der Waals surface area contributed by atoms with Crippen LogP contribution in [-0.2, 0) is 0 Å². The zero-order valence-corrected chi connectivity index (χ0v) is 11.4. The summed E-state index contributed by atoms with van der Waals surface area (Å²) in [5, 5.41) is 0. The predicted molar refractivity (Wildman–Crippen MR) is 73.5 cm³/mol. The number of hydrogen-bond donors (Lipinski definition) is 2. The van der Waals surface area contributed by atoms with E-state index in [2.05, 4.69) is 25.9 Å². The minimum absolute atomic E-state index is 0.0440. The fraction of sp³-hybridized carbons (Fsp3) is 0. The van der Waals surface area contributed by atoms with E-state index in [9.17, 15) is 13.2 Å². The van der Waals surface area contributed by atoms with Crippen molar-refractivity contribution in [1.82, 2.24) is 9.97 Å². The Bertz CT molecular complexity index is 790. The summed E-state index contributed by atoms with van der Waals surface area (Å²) in [6.07, 6.45) is 0. The van der Waals surface area contributed by atoms with Crippen molar-refractivity contribution in [2.45, 2.75) is 0 Å². The number of nitrogens with zero attached hydrogens (tertiary/aromatic N) is 1. The number of benzene rings is 2. The van der Waals surface area contributed by atoms with E-state index in [-0.39, 0.29) is 21.5 Å². The second-order valence-electron chi connectivity index (χ2n) is 4.22. The van der Waals surface area contributed by atoms with Crippen molar-refractivity contribution in [2.24, 2.45) is 0 Å². The summed E-state index contributed by atoms with van der Waals surface area (Å²) in [6, 6.07) is 4.58. The SMILES string of the molecule is Nc1cc(F)c(F)cc1-c1nc2cc(Br)c(F)cc2[nH]1.